The Hall–Kier alpha value is -1.35. The van der Waals surface area contributed by atoms with Crippen molar-refractivity contribution < 1.29 is 9.90 Å². The van der Waals surface area contributed by atoms with E-state index in [4.69, 9.17) is 0 Å². The molecule has 3 rings (SSSR count). The Kier molecular flexibility index (Phi) is 4.03. The third-order valence-electron chi connectivity index (χ3n) is 5.03. The lowest BCUT2D eigenvalue weighted by Gasteiger charge is -2.20. The Balaban J connectivity index is 1.72. The molecule has 0 aliphatic heterocycles. The molecule has 1 aromatic carbocycles. The van der Waals surface area contributed by atoms with Crippen LogP contribution in [0.3, 0.4) is 0 Å². The van der Waals surface area contributed by atoms with Crippen LogP contribution >= 0.6 is 0 Å². The number of benzene rings is 1. The van der Waals surface area contributed by atoms with Gasteiger partial charge in [0.2, 0.25) is 5.91 Å². The van der Waals surface area contributed by atoms with Crippen LogP contribution in [0.5, 0.6) is 0 Å². The number of aryl methyl sites for hydroxylation is 1. The molecule has 3 nitrogen and oxygen atoms in total. The second kappa shape index (κ2) is 5.80. The van der Waals surface area contributed by atoms with E-state index in [1.54, 1.807) is 0 Å². The minimum Gasteiger partial charge on any atom is -0.392 e. The van der Waals surface area contributed by atoms with E-state index in [-0.39, 0.29) is 24.3 Å². The summed E-state index contributed by atoms with van der Waals surface area (Å²) in [6.07, 6.45) is 4.35. The molecule has 0 saturated heterocycles. The van der Waals surface area contributed by atoms with Gasteiger partial charge in [-0.1, -0.05) is 32.0 Å². The molecule has 3 atom stereocenters. The summed E-state index contributed by atoms with van der Waals surface area (Å²) in [6.45, 7) is 3.88. The zero-order valence-electron chi connectivity index (χ0n) is 12.9. The van der Waals surface area contributed by atoms with Crippen molar-refractivity contribution >= 4 is 5.91 Å². The number of rotatable bonds is 4. The molecule has 3 unspecified atom stereocenters. The summed E-state index contributed by atoms with van der Waals surface area (Å²) in [7, 11) is 0. The summed E-state index contributed by atoms with van der Waals surface area (Å²) in [5.41, 5.74) is 4.28. The van der Waals surface area contributed by atoms with Crippen LogP contribution in [-0.2, 0) is 11.2 Å². The minimum atomic E-state index is -0.552. The largest absolute Gasteiger partial charge is 0.392 e. The molecule has 2 N–H and O–H groups in total. The minimum absolute atomic E-state index is 0.0301. The average Bonchev–Trinajstić information content (AvgIpc) is 2.79. The van der Waals surface area contributed by atoms with Crippen LogP contribution in [-0.4, -0.2) is 17.1 Å². The van der Waals surface area contributed by atoms with E-state index in [1.807, 2.05) is 13.8 Å². The fourth-order valence-electron chi connectivity index (χ4n) is 3.80. The van der Waals surface area contributed by atoms with Gasteiger partial charge in [-0.15, -0.1) is 0 Å². The van der Waals surface area contributed by atoms with Crippen LogP contribution in [0.4, 0.5) is 0 Å². The van der Waals surface area contributed by atoms with Gasteiger partial charge in [-0.2, -0.15) is 0 Å². The van der Waals surface area contributed by atoms with Gasteiger partial charge in [-0.05, 0) is 54.2 Å². The molecular weight excluding hydrogens is 262 g/mol. The van der Waals surface area contributed by atoms with E-state index < -0.39 is 6.10 Å². The van der Waals surface area contributed by atoms with Crippen molar-refractivity contribution in [2.45, 2.75) is 64.0 Å². The molecule has 0 fully saturated rings. The van der Waals surface area contributed by atoms with Crippen molar-refractivity contribution in [3.63, 3.8) is 0 Å². The van der Waals surface area contributed by atoms with E-state index in [1.165, 1.54) is 36.0 Å². The van der Waals surface area contributed by atoms with Gasteiger partial charge in [0.1, 0.15) is 0 Å². The molecular formula is C18H25NO2. The van der Waals surface area contributed by atoms with Crippen molar-refractivity contribution in [1.29, 1.82) is 0 Å². The topological polar surface area (TPSA) is 49.3 Å². The molecule has 1 aromatic rings. The SMILES string of the molecule is CC(C)C(O)CC(=O)NC1CC2CCCc3cccc1c32. The van der Waals surface area contributed by atoms with Gasteiger partial charge >= 0.3 is 0 Å². The highest BCUT2D eigenvalue weighted by molar-refractivity contribution is 5.77. The molecule has 0 aromatic heterocycles. The van der Waals surface area contributed by atoms with Gasteiger partial charge in [0, 0.05) is 0 Å². The fourth-order valence-corrected chi connectivity index (χ4v) is 3.80. The van der Waals surface area contributed by atoms with Crippen LogP contribution < -0.4 is 5.32 Å². The van der Waals surface area contributed by atoms with Crippen molar-refractivity contribution in [3.05, 3.63) is 34.9 Å². The Labute approximate surface area is 126 Å². The number of hydrogen-bond donors (Lipinski definition) is 2. The second-order valence-corrected chi connectivity index (χ2v) is 6.88. The maximum atomic E-state index is 12.1. The maximum absolute atomic E-state index is 12.1. The highest BCUT2D eigenvalue weighted by Crippen LogP contribution is 2.47. The zero-order valence-corrected chi connectivity index (χ0v) is 12.9. The molecule has 1 amide bonds. The quantitative estimate of drug-likeness (QED) is 0.894. The Morgan fingerprint density at radius 1 is 1.43 bits per heavy atom. The highest BCUT2D eigenvalue weighted by atomic mass is 16.3. The number of nitrogens with one attached hydrogen (secondary N) is 1. The van der Waals surface area contributed by atoms with E-state index in [0.717, 1.165) is 6.42 Å². The third kappa shape index (κ3) is 2.84. The van der Waals surface area contributed by atoms with Gasteiger partial charge in [0.25, 0.3) is 0 Å². The zero-order chi connectivity index (χ0) is 15.0. The number of aliphatic hydroxyl groups is 1. The molecule has 0 heterocycles. The predicted molar refractivity (Wildman–Crippen MR) is 83.1 cm³/mol. The molecule has 2 aliphatic rings. The summed E-state index contributed by atoms with van der Waals surface area (Å²) in [6, 6.07) is 6.64. The van der Waals surface area contributed by atoms with Crippen molar-refractivity contribution in [2.75, 3.05) is 0 Å². The molecule has 3 heteroatoms. The molecule has 0 radical (unpaired) electrons. The lowest BCUT2D eigenvalue weighted by atomic mass is 9.84. The van der Waals surface area contributed by atoms with Gasteiger partial charge in [0.15, 0.2) is 0 Å². The van der Waals surface area contributed by atoms with Crippen molar-refractivity contribution in [1.82, 2.24) is 5.32 Å². The standard InChI is InChI=1S/C18H25NO2/c1-11(2)16(20)10-17(21)19-15-9-13-7-3-5-12-6-4-8-14(15)18(12)13/h4,6,8,11,13,15-16,20H,3,5,7,9-10H2,1-2H3,(H,19,21). The number of hydrogen-bond acceptors (Lipinski definition) is 2. The lowest BCUT2D eigenvalue weighted by Crippen LogP contribution is -2.31. The van der Waals surface area contributed by atoms with Crippen LogP contribution in [0.15, 0.2) is 18.2 Å². The smallest absolute Gasteiger partial charge is 0.223 e. The van der Waals surface area contributed by atoms with E-state index in [2.05, 4.69) is 23.5 Å². The van der Waals surface area contributed by atoms with Crippen LogP contribution in [0, 0.1) is 5.92 Å². The Bertz CT molecular complexity index is 538. The van der Waals surface area contributed by atoms with Gasteiger partial charge in [-0.25, -0.2) is 0 Å². The maximum Gasteiger partial charge on any atom is 0.223 e. The monoisotopic (exact) mass is 287 g/mol. The molecule has 21 heavy (non-hydrogen) atoms. The van der Waals surface area contributed by atoms with Gasteiger partial charge in [0.05, 0.1) is 18.6 Å². The molecule has 0 bridgehead atoms. The molecule has 0 saturated carbocycles. The summed E-state index contributed by atoms with van der Waals surface area (Å²) in [4.78, 5) is 12.1. The number of carbonyl (C=O) groups is 1. The predicted octanol–water partition coefficient (Wildman–Crippen LogP) is 3.07. The summed E-state index contributed by atoms with van der Waals surface area (Å²) < 4.78 is 0. The third-order valence-corrected chi connectivity index (χ3v) is 5.03. The summed E-state index contributed by atoms with van der Waals surface area (Å²) in [5.74, 6) is 0.704. The Morgan fingerprint density at radius 3 is 3.00 bits per heavy atom. The van der Waals surface area contributed by atoms with Crippen molar-refractivity contribution in [3.8, 4) is 0 Å². The summed E-state index contributed by atoms with van der Waals surface area (Å²) in [5, 5.41) is 13.0. The van der Waals surface area contributed by atoms with E-state index >= 15 is 0 Å². The lowest BCUT2D eigenvalue weighted by molar-refractivity contribution is -0.124. The number of aliphatic hydroxyl groups excluding tert-OH is 1. The molecule has 2 aliphatic carbocycles. The first kappa shape index (κ1) is 14.6. The highest BCUT2D eigenvalue weighted by Gasteiger charge is 2.35. The average molecular weight is 287 g/mol. The van der Waals surface area contributed by atoms with Gasteiger partial charge < -0.3 is 10.4 Å². The number of carbonyl (C=O) groups excluding carboxylic acids is 1. The van der Waals surface area contributed by atoms with Gasteiger partial charge in [-0.3, -0.25) is 4.79 Å². The molecule has 0 spiro atoms. The van der Waals surface area contributed by atoms with Crippen LogP contribution in [0.25, 0.3) is 0 Å². The normalized spacial score (nSPS) is 24.8. The van der Waals surface area contributed by atoms with E-state index in [0.29, 0.717) is 5.92 Å². The first-order chi connectivity index (χ1) is 10.1. The first-order valence-corrected chi connectivity index (χ1v) is 8.15. The summed E-state index contributed by atoms with van der Waals surface area (Å²) >= 11 is 0. The molecule has 114 valence electrons. The second-order valence-electron chi connectivity index (χ2n) is 6.88. The van der Waals surface area contributed by atoms with Crippen LogP contribution in [0.2, 0.25) is 0 Å². The van der Waals surface area contributed by atoms with Crippen molar-refractivity contribution in [2.24, 2.45) is 5.92 Å². The van der Waals surface area contributed by atoms with E-state index in [9.17, 15) is 9.90 Å². The fraction of sp³-hybridized carbons (Fsp3) is 0.611. The Morgan fingerprint density at radius 2 is 2.24 bits per heavy atom. The number of amides is 1. The van der Waals surface area contributed by atoms with Crippen LogP contribution in [0.1, 0.15) is 68.2 Å². The first-order valence-electron chi connectivity index (χ1n) is 8.15.